The first kappa shape index (κ1) is 15.2. The number of rotatable bonds is 3. The maximum absolute atomic E-state index is 12.2. The Labute approximate surface area is 133 Å². The maximum atomic E-state index is 12.2. The molecule has 1 aromatic rings. The number of hydrogen-bond acceptors (Lipinski definition) is 2. The van der Waals surface area contributed by atoms with Gasteiger partial charge in [0.05, 0.1) is 0 Å². The smallest absolute Gasteiger partial charge is 0.317 e. The van der Waals surface area contributed by atoms with Crippen LogP contribution in [0.15, 0.2) is 24.3 Å². The van der Waals surface area contributed by atoms with Crippen LogP contribution in [-0.2, 0) is 6.42 Å². The number of benzene rings is 1. The van der Waals surface area contributed by atoms with E-state index in [1.807, 2.05) is 4.90 Å². The standard InChI is InChI=1S/C18H27N3O/c1-14-7-10-20(11-8-14)18(22)19-9-12-21-15(2)13-16-5-3-4-6-17(16)21/h3-6,14-15H,7-13H2,1-2H3,(H,19,22). The van der Waals surface area contributed by atoms with E-state index in [0.717, 1.165) is 44.8 Å². The number of piperidine rings is 1. The van der Waals surface area contributed by atoms with Crippen LogP contribution in [0, 0.1) is 5.92 Å². The Morgan fingerprint density at radius 3 is 2.73 bits per heavy atom. The Morgan fingerprint density at radius 2 is 1.95 bits per heavy atom. The van der Waals surface area contributed by atoms with Crippen molar-refractivity contribution in [2.45, 2.75) is 39.2 Å². The van der Waals surface area contributed by atoms with Crippen molar-refractivity contribution < 1.29 is 4.79 Å². The second-order valence-corrected chi connectivity index (χ2v) is 6.78. The van der Waals surface area contributed by atoms with Gasteiger partial charge in [0.15, 0.2) is 0 Å². The van der Waals surface area contributed by atoms with Crippen LogP contribution in [-0.4, -0.2) is 43.2 Å². The number of carbonyl (C=O) groups excluding carboxylic acids is 1. The molecule has 0 saturated carbocycles. The monoisotopic (exact) mass is 301 g/mol. The fourth-order valence-corrected chi connectivity index (χ4v) is 3.58. The van der Waals surface area contributed by atoms with Crippen LogP contribution < -0.4 is 10.2 Å². The fraction of sp³-hybridized carbons (Fsp3) is 0.611. The molecule has 22 heavy (non-hydrogen) atoms. The van der Waals surface area contributed by atoms with E-state index in [2.05, 4.69) is 48.3 Å². The molecule has 4 heteroatoms. The van der Waals surface area contributed by atoms with Crippen molar-refractivity contribution in [3.05, 3.63) is 29.8 Å². The number of amides is 2. The molecule has 2 amide bonds. The first-order valence-corrected chi connectivity index (χ1v) is 8.52. The summed E-state index contributed by atoms with van der Waals surface area (Å²) in [6.45, 7) is 7.92. The molecule has 0 radical (unpaired) electrons. The molecule has 120 valence electrons. The molecular formula is C18H27N3O. The molecule has 1 fully saturated rings. The van der Waals surface area contributed by atoms with Crippen LogP contribution in [0.2, 0.25) is 0 Å². The van der Waals surface area contributed by atoms with E-state index in [1.54, 1.807) is 0 Å². The number of carbonyl (C=O) groups is 1. The number of nitrogens with zero attached hydrogens (tertiary/aromatic N) is 2. The SMILES string of the molecule is CC1CCN(C(=O)NCCN2c3ccccc3CC2C)CC1. The normalized spacial score (nSPS) is 21.8. The topological polar surface area (TPSA) is 35.6 Å². The largest absolute Gasteiger partial charge is 0.367 e. The molecule has 0 aliphatic carbocycles. The number of para-hydroxylation sites is 1. The van der Waals surface area contributed by atoms with Crippen molar-refractivity contribution in [2.75, 3.05) is 31.1 Å². The van der Waals surface area contributed by atoms with Gasteiger partial charge in [0, 0.05) is 37.9 Å². The molecule has 0 spiro atoms. The molecule has 1 atom stereocenters. The number of fused-ring (bicyclic) bond motifs is 1. The molecule has 0 bridgehead atoms. The van der Waals surface area contributed by atoms with Gasteiger partial charge in [-0.1, -0.05) is 25.1 Å². The third kappa shape index (κ3) is 3.21. The minimum atomic E-state index is 0.104. The molecular weight excluding hydrogens is 274 g/mol. The van der Waals surface area contributed by atoms with E-state index in [1.165, 1.54) is 11.3 Å². The highest BCUT2D eigenvalue weighted by molar-refractivity contribution is 5.74. The molecule has 4 nitrogen and oxygen atoms in total. The highest BCUT2D eigenvalue weighted by Gasteiger charge is 2.25. The number of hydrogen-bond donors (Lipinski definition) is 1. The lowest BCUT2D eigenvalue weighted by atomic mass is 10.00. The summed E-state index contributed by atoms with van der Waals surface area (Å²) in [5, 5.41) is 3.09. The number of likely N-dealkylation sites (tertiary alicyclic amines) is 1. The van der Waals surface area contributed by atoms with Gasteiger partial charge in [-0.05, 0) is 43.7 Å². The molecule has 1 saturated heterocycles. The summed E-state index contributed by atoms with van der Waals surface area (Å²) in [6, 6.07) is 9.22. The Hall–Kier alpha value is -1.71. The van der Waals surface area contributed by atoms with E-state index in [0.29, 0.717) is 12.6 Å². The lowest BCUT2D eigenvalue weighted by Gasteiger charge is -2.31. The van der Waals surface area contributed by atoms with Gasteiger partial charge < -0.3 is 15.1 Å². The summed E-state index contributed by atoms with van der Waals surface area (Å²) in [4.78, 5) is 16.6. The van der Waals surface area contributed by atoms with Crippen molar-refractivity contribution in [1.82, 2.24) is 10.2 Å². The summed E-state index contributed by atoms with van der Waals surface area (Å²) in [5.74, 6) is 0.756. The zero-order chi connectivity index (χ0) is 15.5. The van der Waals surface area contributed by atoms with Gasteiger partial charge in [0.1, 0.15) is 0 Å². The summed E-state index contributed by atoms with van der Waals surface area (Å²) in [5.41, 5.74) is 2.75. The van der Waals surface area contributed by atoms with Crippen molar-refractivity contribution in [1.29, 1.82) is 0 Å². The van der Waals surface area contributed by atoms with E-state index in [9.17, 15) is 4.79 Å². The molecule has 2 aliphatic heterocycles. The van der Waals surface area contributed by atoms with Crippen LogP contribution in [0.5, 0.6) is 0 Å². The van der Waals surface area contributed by atoms with E-state index in [-0.39, 0.29) is 6.03 Å². The fourth-order valence-electron chi connectivity index (χ4n) is 3.58. The molecule has 2 heterocycles. The Balaban J connectivity index is 1.48. The predicted molar refractivity (Wildman–Crippen MR) is 90.3 cm³/mol. The first-order valence-electron chi connectivity index (χ1n) is 8.52. The average molecular weight is 301 g/mol. The minimum absolute atomic E-state index is 0.104. The Morgan fingerprint density at radius 1 is 1.23 bits per heavy atom. The average Bonchev–Trinajstić information content (AvgIpc) is 2.84. The molecule has 1 unspecified atom stereocenters. The van der Waals surface area contributed by atoms with E-state index in [4.69, 9.17) is 0 Å². The van der Waals surface area contributed by atoms with Gasteiger partial charge in [-0.25, -0.2) is 4.79 Å². The summed E-state index contributed by atoms with van der Waals surface area (Å²) in [6.07, 6.45) is 3.36. The van der Waals surface area contributed by atoms with Crippen molar-refractivity contribution in [3.63, 3.8) is 0 Å². The molecule has 1 N–H and O–H groups in total. The molecule has 0 aromatic heterocycles. The zero-order valence-corrected chi connectivity index (χ0v) is 13.7. The number of nitrogens with one attached hydrogen (secondary N) is 1. The highest BCUT2D eigenvalue weighted by Crippen LogP contribution is 2.31. The second kappa shape index (κ2) is 6.59. The molecule has 1 aromatic carbocycles. The zero-order valence-electron chi connectivity index (χ0n) is 13.7. The minimum Gasteiger partial charge on any atom is -0.367 e. The van der Waals surface area contributed by atoms with Crippen molar-refractivity contribution in [2.24, 2.45) is 5.92 Å². The third-order valence-electron chi connectivity index (χ3n) is 5.05. The molecule has 3 rings (SSSR count). The van der Waals surface area contributed by atoms with Gasteiger partial charge in [0.2, 0.25) is 0 Å². The quantitative estimate of drug-likeness (QED) is 0.932. The van der Waals surface area contributed by atoms with Gasteiger partial charge >= 0.3 is 6.03 Å². The van der Waals surface area contributed by atoms with Crippen LogP contribution in [0.3, 0.4) is 0 Å². The van der Waals surface area contributed by atoms with Gasteiger partial charge in [-0.3, -0.25) is 0 Å². The number of anilines is 1. The lowest BCUT2D eigenvalue weighted by molar-refractivity contribution is 0.174. The van der Waals surface area contributed by atoms with Gasteiger partial charge in [-0.2, -0.15) is 0 Å². The van der Waals surface area contributed by atoms with E-state index >= 15 is 0 Å². The summed E-state index contributed by atoms with van der Waals surface area (Å²) < 4.78 is 0. The van der Waals surface area contributed by atoms with Crippen LogP contribution in [0.1, 0.15) is 32.3 Å². The maximum Gasteiger partial charge on any atom is 0.317 e. The molecule has 2 aliphatic rings. The highest BCUT2D eigenvalue weighted by atomic mass is 16.2. The van der Waals surface area contributed by atoms with Gasteiger partial charge in [-0.15, -0.1) is 0 Å². The van der Waals surface area contributed by atoms with Gasteiger partial charge in [0.25, 0.3) is 0 Å². The number of urea groups is 1. The first-order chi connectivity index (χ1) is 10.6. The van der Waals surface area contributed by atoms with E-state index < -0.39 is 0 Å². The van der Waals surface area contributed by atoms with Crippen molar-refractivity contribution >= 4 is 11.7 Å². The predicted octanol–water partition coefficient (Wildman–Crippen LogP) is 2.88. The lowest BCUT2D eigenvalue weighted by Crippen LogP contribution is -2.46. The van der Waals surface area contributed by atoms with Crippen LogP contribution in [0.25, 0.3) is 0 Å². The summed E-state index contributed by atoms with van der Waals surface area (Å²) in [7, 11) is 0. The Bertz CT molecular complexity index is 523. The Kier molecular flexibility index (Phi) is 4.55. The van der Waals surface area contributed by atoms with Crippen molar-refractivity contribution in [3.8, 4) is 0 Å². The third-order valence-corrected chi connectivity index (χ3v) is 5.05. The van der Waals surface area contributed by atoms with Crippen LogP contribution in [0.4, 0.5) is 10.5 Å². The summed E-state index contributed by atoms with van der Waals surface area (Å²) >= 11 is 0. The second-order valence-electron chi connectivity index (χ2n) is 6.78. The van der Waals surface area contributed by atoms with Crippen LogP contribution >= 0.6 is 0 Å².